The van der Waals surface area contributed by atoms with Gasteiger partial charge in [-0.05, 0) is 45.4 Å². The number of rotatable bonds is 3. The molecular formula is C10H10BrIO3S. The molecule has 1 rings (SSSR count). The molecule has 0 radical (unpaired) electrons. The van der Waals surface area contributed by atoms with Crippen LogP contribution in [0.5, 0.6) is 0 Å². The van der Waals surface area contributed by atoms with Crippen molar-refractivity contribution in [1.82, 2.24) is 0 Å². The predicted molar refractivity (Wildman–Crippen MR) is 76.0 cm³/mol. The SMILES string of the molecule is Cc1ccc(C(=O)[C@@](Br)(I)S(C)(=O)=O)cc1. The number of Topliss-reactive ketones (excluding diaryl/α,β-unsaturated/α-hetero) is 1. The van der Waals surface area contributed by atoms with Gasteiger partial charge in [-0.15, -0.1) is 0 Å². The largest absolute Gasteiger partial charge is 0.290 e. The number of hydrogen-bond donors (Lipinski definition) is 0. The Morgan fingerprint density at radius 2 is 1.75 bits per heavy atom. The minimum absolute atomic E-state index is 0.377. The Balaban J connectivity index is 3.18. The minimum Gasteiger partial charge on any atom is -0.290 e. The van der Waals surface area contributed by atoms with Crippen LogP contribution in [0.4, 0.5) is 0 Å². The second-order valence-electron chi connectivity index (χ2n) is 3.48. The highest BCUT2D eigenvalue weighted by atomic mass is 127. The number of aryl methyl sites for hydroxylation is 1. The van der Waals surface area contributed by atoms with Crippen molar-refractivity contribution in [3.05, 3.63) is 35.4 Å². The zero-order valence-electron chi connectivity index (χ0n) is 8.70. The lowest BCUT2D eigenvalue weighted by atomic mass is 10.1. The molecule has 0 bridgehead atoms. The lowest BCUT2D eigenvalue weighted by molar-refractivity contribution is 0.101. The maximum atomic E-state index is 12.0. The number of carbonyl (C=O) groups excluding carboxylic acids is 1. The van der Waals surface area contributed by atoms with Crippen molar-refractivity contribution in [1.29, 1.82) is 0 Å². The third-order valence-electron chi connectivity index (χ3n) is 2.04. The molecule has 3 nitrogen and oxygen atoms in total. The van der Waals surface area contributed by atoms with Crippen molar-refractivity contribution in [2.24, 2.45) is 0 Å². The van der Waals surface area contributed by atoms with Crippen LogP contribution < -0.4 is 0 Å². The third-order valence-corrected chi connectivity index (χ3v) is 8.17. The van der Waals surface area contributed by atoms with Gasteiger partial charge in [0.1, 0.15) is 0 Å². The summed E-state index contributed by atoms with van der Waals surface area (Å²) in [5, 5.41) is 0. The number of hydrogen-bond acceptors (Lipinski definition) is 3. The molecule has 1 atom stereocenters. The third kappa shape index (κ3) is 2.84. The Morgan fingerprint density at radius 3 is 2.12 bits per heavy atom. The quantitative estimate of drug-likeness (QED) is 0.432. The van der Waals surface area contributed by atoms with E-state index in [0.717, 1.165) is 11.8 Å². The van der Waals surface area contributed by atoms with E-state index >= 15 is 0 Å². The van der Waals surface area contributed by atoms with E-state index in [1.165, 1.54) is 0 Å². The Hall–Kier alpha value is 0.0500. The molecule has 1 aromatic rings. The van der Waals surface area contributed by atoms with E-state index in [4.69, 9.17) is 0 Å². The van der Waals surface area contributed by atoms with Crippen molar-refractivity contribution in [2.75, 3.05) is 6.26 Å². The summed E-state index contributed by atoms with van der Waals surface area (Å²) in [6, 6.07) is 6.79. The molecule has 0 unspecified atom stereocenters. The summed E-state index contributed by atoms with van der Waals surface area (Å²) in [6.45, 7) is 1.90. The molecule has 6 heteroatoms. The van der Waals surface area contributed by atoms with E-state index in [2.05, 4.69) is 15.9 Å². The first kappa shape index (κ1) is 14.1. The molecular weight excluding hydrogens is 407 g/mol. The van der Waals surface area contributed by atoms with Gasteiger partial charge in [0.2, 0.25) is 7.45 Å². The van der Waals surface area contributed by atoms with E-state index in [1.54, 1.807) is 46.9 Å². The van der Waals surface area contributed by atoms with Gasteiger partial charge in [-0.2, -0.15) is 0 Å². The topological polar surface area (TPSA) is 51.2 Å². The predicted octanol–water partition coefficient (Wildman–Crippen LogP) is 2.71. The van der Waals surface area contributed by atoms with Gasteiger partial charge in [0.25, 0.3) is 0 Å². The number of carbonyl (C=O) groups is 1. The monoisotopic (exact) mass is 416 g/mol. The summed E-state index contributed by atoms with van der Waals surface area (Å²) < 4.78 is 21.3. The molecule has 0 saturated heterocycles. The van der Waals surface area contributed by atoms with Crippen LogP contribution in [0.2, 0.25) is 0 Å². The second-order valence-corrected chi connectivity index (χ2v) is 11.2. The van der Waals surface area contributed by atoms with E-state index in [-0.39, 0.29) is 0 Å². The van der Waals surface area contributed by atoms with Gasteiger partial charge < -0.3 is 0 Å². The lowest BCUT2D eigenvalue weighted by Gasteiger charge is -2.16. The average molecular weight is 417 g/mol. The summed E-state index contributed by atoms with van der Waals surface area (Å²) in [7, 11) is -3.51. The number of benzene rings is 1. The Bertz CT molecular complexity index is 505. The lowest BCUT2D eigenvalue weighted by Crippen LogP contribution is -2.33. The molecule has 0 aliphatic heterocycles. The fourth-order valence-corrected chi connectivity index (χ4v) is 2.04. The van der Waals surface area contributed by atoms with Crippen molar-refractivity contribution >= 4 is 54.1 Å². The fraction of sp³-hybridized carbons (Fsp3) is 0.300. The number of alkyl halides is 2. The highest BCUT2D eigenvalue weighted by molar-refractivity contribution is 14.1. The van der Waals surface area contributed by atoms with Crippen LogP contribution in [0, 0.1) is 6.92 Å². The molecule has 88 valence electrons. The van der Waals surface area contributed by atoms with Gasteiger partial charge in [-0.25, -0.2) is 8.42 Å². The van der Waals surface area contributed by atoms with E-state index < -0.39 is 17.3 Å². The molecule has 0 aliphatic carbocycles. The standard InChI is InChI=1S/C10H10BrIO3S/c1-7-3-5-8(6-4-7)9(13)10(11,12)16(2,14)15/h3-6H,1-2H3/t10-/m1/s1. The molecule has 1 aromatic carbocycles. The van der Waals surface area contributed by atoms with E-state index in [0.29, 0.717) is 5.56 Å². The van der Waals surface area contributed by atoms with Gasteiger partial charge in [0.05, 0.1) is 0 Å². The second kappa shape index (κ2) is 4.73. The van der Waals surface area contributed by atoms with Gasteiger partial charge in [0.15, 0.2) is 9.84 Å². The zero-order valence-corrected chi connectivity index (χ0v) is 13.3. The molecule has 0 spiro atoms. The van der Waals surface area contributed by atoms with Crippen LogP contribution in [0.25, 0.3) is 0 Å². The van der Waals surface area contributed by atoms with Crippen molar-refractivity contribution in [3.63, 3.8) is 0 Å². The van der Waals surface area contributed by atoms with Crippen LogP contribution in [0.3, 0.4) is 0 Å². The molecule has 0 aromatic heterocycles. The maximum Gasteiger partial charge on any atom is 0.238 e. The number of sulfone groups is 1. The summed E-state index contributed by atoms with van der Waals surface area (Å²) in [4.78, 5) is 12.0. The van der Waals surface area contributed by atoms with Gasteiger partial charge in [0, 0.05) is 11.8 Å². The number of ketones is 1. The molecule has 0 N–H and O–H groups in total. The van der Waals surface area contributed by atoms with Crippen LogP contribution >= 0.6 is 38.5 Å². The fourth-order valence-electron chi connectivity index (χ4n) is 1.04. The van der Waals surface area contributed by atoms with Crippen LogP contribution in [-0.4, -0.2) is 22.1 Å². The smallest absolute Gasteiger partial charge is 0.238 e. The van der Waals surface area contributed by atoms with Gasteiger partial charge in [-0.1, -0.05) is 29.8 Å². The van der Waals surface area contributed by atoms with Crippen LogP contribution in [0.15, 0.2) is 24.3 Å². The van der Waals surface area contributed by atoms with Crippen molar-refractivity contribution < 1.29 is 13.2 Å². The first-order valence-corrected chi connectivity index (χ1v) is 8.11. The maximum absolute atomic E-state index is 12.0. The molecule has 16 heavy (non-hydrogen) atoms. The Morgan fingerprint density at radius 1 is 1.31 bits per heavy atom. The van der Waals surface area contributed by atoms with E-state index in [9.17, 15) is 13.2 Å². The summed E-state index contributed by atoms with van der Waals surface area (Å²) >= 11 is 4.57. The van der Waals surface area contributed by atoms with Gasteiger partial charge >= 0.3 is 0 Å². The molecule has 0 heterocycles. The zero-order chi connectivity index (χ0) is 12.6. The van der Waals surface area contributed by atoms with Crippen molar-refractivity contribution in [3.8, 4) is 0 Å². The molecule has 0 fully saturated rings. The minimum atomic E-state index is -3.51. The average Bonchev–Trinajstić information content (AvgIpc) is 2.16. The Kier molecular flexibility index (Phi) is 4.18. The summed E-state index contributed by atoms with van der Waals surface area (Å²) in [5.74, 6) is -0.462. The van der Waals surface area contributed by atoms with Gasteiger partial charge in [-0.3, -0.25) is 4.79 Å². The highest BCUT2D eigenvalue weighted by Crippen LogP contribution is 2.36. The first-order valence-electron chi connectivity index (χ1n) is 4.35. The summed E-state index contributed by atoms with van der Waals surface area (Å²) in [6.07, 6.45) is 1.03. The highest BCUT2D eigenvalue weighted by Gasteiger charge is 2.43. The van der Waals surface area contributed by atoms with Crippen LogP contribution in [-0.2, 0) is 9.84 Å². The summed E-state index contributed by atoms with van der Waals surface area (Å²) in [5.41, 5.74) is 1.40. The van der Waals surface area contributed by atoms with Crippen LogP contribution in [0.1, 0.15) is 15.9 Å². The van der Waals surface area contributed by atoms with E-state index in [1.807, 2.05) is 6.92 Å². The normalized spacial score (nSPS) is 15.5. The Labute approximate surface area is 117 Å². The number of halogens is 2. The molecule has 0 aliphatic rings. The van der Waals surface area contributed by atoms with Crippen molar-refractivity contribution in [2.45, 2.75) is 8.59 Å². The first-order chi connectivity index (χ1) is 7.16. The molecule has 0 amide bonds. The molecule has 0 saturated carbocycles.